The van der Waals surface area contributed by atoms with Crippen molar-refractivity contribution in [2.75, 3.05) is 6.61 Å². The van der Waals surface area contributed by atoms with Crippen LogP contribution in [0, 0.1) is 5.92 Å². The van der Waals surface area contributed by atoms with E-state index in [1.165, 1.54) is 29.5 Å². The van der Waals surface area contributed by atoms with Crippen LogP contribution in [0.15, 0.2) is 18.2 Å². The highest BCUT2D eigenvalue weighted by Gasteiger charge is 2.07. The number of hydrogen-bond acceptors (Lipinski definition) is 1. The van der Waals surface area contributed by atoms with E-state index >= 15 is 0 Å². The standard InChI is InChI=1S/C15H23O/c1-4-6-7-14-8-13(5-2)9-15(10-14)12(3)11-16/h8-10,16H,4-7,11H2,1-3H3. The van der Waals surface area contributed by atoms with Crippen LogP contribution < -0.4 is 0 Å². The van der Waals surface area contributed by atoms with Crippen molar-refractivity contribution in [3.8, 4) is 0 Å². The fourth-order valence-corrected chi connectivity index (χ4v) is 1.83. The second kappa shape index (κ2) is 6.70. The highest BCUT2D eigenvalue weighted by molar-refractivity contribution is 5.38. The Labute approximate surface area is 99.5 Å². The van der Waals surface area contributed by atoms with E-state index in [2.05, 4.69) is 32.0 Å². The van der Waals surface area contributed by atoms with Gasteiger partial charge in [0, 0.05) is 5.92 Å². The molecule has 0 spiro atoms. The van der Waals surface area contributed by atoms with Crippen molar-refractivity contribution in [3.05, 3.63) is 40.8 Å². The van der Waals surface area contributed by atoms with Crippen molar-refractivity contribution in [1.29, 1.82) is 0 Å². The van der Waals surface area contributed by atoms with Crippen LogP contribution in [-0.4, -0.2) is 11.7 Å². The molecule has 0 amide bonds. The zero-order valence-corrected chi connectivity index (χ0v) is 10.7. The predicted octanol–water partition coefficient (Wildman–Crippen LogP) is 3.53. The Morgan fingerprint density at radius 1 is 1.12 bits per heavy atom. The molecule has 1 radical (unpaired) electrons. The zero-order valence-electron chi connectivity index (χ0n) is 10.7. The van der Waals surface area contributed by atoms with Gasteiger partial charge in [-0.2, -0.15) is 0 Å². The first kappa shape index (κ1) is 13.2. The van der Waals surface area contributed by atoms with Crippen molar-refractivity contribution < 1.29 is 5.11 Å². The van der Waals surface area contributed by atoms with E-state index in [0.717, 1.165) is 18.8 Å². The molecule has 0 atom stereocenters. The number of aliphatic hydroxyl groups is 1. The quantitative estimate of drug-likeness (QED) is 0.776. The van der Waals surface area contributed by atoms with Crippen molar-refractivity contribution in [1.82, 2.24) is 0 Å². The zero-order chi connectivity index (χ0) is 12.0. The third kappa shape index (κ3) is 3.64. The Kier molecular flexibility index (Phi) is 5.54. The molecule has 1 aromatic rings. The molecule has 1 N–H and O–H groups in total. The van der Waals surface area contributed by atoms with Gasteiger partial charge in [0.25, 0.3) is 0 Å². The smallest absolute Gasteiger partial charge is 0.0534 e. The predicted molar refractivity (Wildman–Crippen MR) is 69.5 cm³/mol. The van der Waals surface area contributed by atoms with Gasteiger partial charge in [0.2, 0.25) is 0 Å². The van der Waals surface area contributed by atoms with Gasteiger partial charge in [-0.15, -0.1) is 0 Å². The summed E-state index contributed by atoms with van der Waals surface area (Å²) in [5.41, 5.74) is 3.98. The summed E-state index contributed by atoms with van der Waals surface area (Å²) in [5.74, 6) is 1.06. The third-order valence-electron chi connectivity index (χ3n) is 3.01. The number of hydrogen-bond donors (Lipinski definition) is 1. The molecule has 0 fully saturated rings. The number of aryl methyl sites for hydroxylation is 2. The maximum Gasteiger partial charge on any atom is 0.0534 e. The lowest BCUT2D eigenvalue weighted by Crippen LogP contribution is -2.02. The van der Waals surface area contributed by atoms with E-state index < -0.39 is 0 Å². The van der Waals surface area contributed by atoms with Crippen molar-refractivity contribution in [2.24, 2.45) is 0 Å². The summed E-state index contributed by atoms with van der Waals surface area (Å²) < 4.78 is 0. The van der Waals surface area contributed by atoms with Gasteiger partial charge in [-0.1, -0.05) is 45.4 Å². The van der Waals surface area contributed by atoms with Gasteiger partial charge in [0.15, 0.2) is 0 Å². The van der Waals surface area contributed by atoms with E-state index in [9.17, 15) is 5.11 Å². The fourth-order valence-electron chi connectivity index (χ4n) is 1.83. The average molecular weight is 219 g/mol. The summed E-state index contributed by atoms with van der Waals surface area (Å²) in [6.07, 6.45) is 4.68. The maximum atomic E-state index is 9.18. The van der Waals surface area contributed by atoms with Crippen LogP contribution in [0.3, 0.4) is 0 Å². The van der Waals surface area contributed by atoms with Gasteiger partial charge in [0.1, 0.15) is 0 Å². The Morgan fingerprint density at radius 2 is 1.81 bits per heavy atom. The average Bonchev–Trinajstić information content (AvgIpc) is 2.34. The van der Waals surface area contributed by atoms with Crippen LogP contribution in [0.2, 0.25) is 0 Å². The van der Waals surface area contributed by atoms with Crippen molar-refractivity contribution in [3.63, 3.8) is 0 Å². The van der Waals surface area contributed by atoms with Gasteiger partial charge in [-0.25, -0.2) is 0 Å². The van der Waals surface area contributed by atoms with Crippen LogP contribution in [-0.2, 0) is 12.8 Å². The number of aliphatic hydroxyl groups excluding tert-OH is 1. The lowest BCUT2D eigenvalue weighted by molar-refractivity contribution is 0.315. The molecule has 89 valence electrons. The van der Waals surface area contributed by atoms with Gasteiger partial charge >= 0.3 is 0 Å². The Morgan fingerprint density at radius 3 is 2.38 bits per heavy atom. The molecule has 0 saturated heterocycles. The fraction of sp³-hybridized carbons (Fsp3) is 0.533. The van der Waals surface area contributed by atoms with E-state index in [4.69, 9.17) is 0 Å². The Bertz CT molecular complexity index is 317. The van der Waals surface area contributed by atoms with Crippen LogP contribution in [0.4, 0.5) is 0 Å². The molecule has 0 aliphatic heterocycles. The molecule has 1 nitrogen and oxygen atoms in total. The molecular weight excluding hydrogens is 196 g/mol. The SMILES string of the molecule is CCCCc1cc(CC)cc([C](C)CO)c1. The number of unbranched alkanes of at least 4 members (excludes halogenated alkanes) is 1. The molecule has 0 aliphatic rings. The highest BCUT2D eigenvalue weighted by Crippen LogP contribution is 2.19. The van der Waals surface area contributed by atoms with Crippen LogP contribution in [0.1, 0.15) is 50.3 Å². The molecule has 1 rings (SSSR count). The minimum absolute atomic E-state index is 0.153. The van der Waals surface area contributed by atoms with Gasteiger partial charge in [0.05, 0.1) is 6.61 Å². The normalized spacial score (nSPS) is 11.1. The molecule has 0 aliphatic carbocycles. The monoisotopic (exact) mass is 219 g/mol. The molecule has 1 heteroatoms. The summed E-state index contributed by atoms with van der Waals surface area (Å²) >= 11 is 0. The topological polar surface area (TPSA) is 20.2 Å². The first-order valence-electron chi connectivity index (χ1n) is 6.27. The third-order valence-corrected chi connectivity index (χ3v) is 3.01. The second-order valence-electron chi connectivity index (χ2n) is 4.43. The van der Waals surface area contributed by atoms with Crippen LogP contribution >= 0.6 is 0 Å². The first-order chi connectivity index (χ1) is 7.71. The van der Waals surface area contributed by atoms with Gasteiger partial charge in [-0.3, -0.25) is 0 Å². The number of benzene rings is 1. The Balaban J connectivity index is 2.91. The molecule has 0 unspecified atom stereocenters. The van der Waals surface area contributed by atoms with E-state index in [1.54, 1.807) is 0 Å². The van der Waals surface area contributed by atoms with E-state index in [-0.39, 0.29) is 6.61 Å². The van der Waals surface area contributed by atoms with Gasteiger partial charge in [-0.05, 0) is 36.0 Å². The summed E-state index contributed by atoms with van der Waals surface area (Å²) in [4.78, 5) is 0. The first-order valence-corrected chi connectivity index (χ1v) is 6.27. The summed E-state index contributed by atoms with van der Waals surface area (Å²) in [7, 11) is 0. The minimum atomic E-state index is 0.153. The summed E-state index contributed by atoms with van der Waals surface area (Å²) in [6, 6.07) is 6.71. The minimum Gasteiger partial charge on any atom is -0.395 e. The molecule has 1 aromatic carbocycles. The second-order valence-corrected chi connectivity index (χ2v) is 4.43. The Hall–Kier alpha value is -0.820. The summed E-state index contributed by atoms with van der Waals surface area (Å²) in [5, 5.41) is 9.18. The maximum absolute atomic E-state index is 9.18. The molecule has 0 heterocycles. The van der Waals surface area contributed by atoms with Crippen LogP contribution in [0.25, 0.3) is 0 Å². The molecule has 16 heavy (non-hydrogen) atoms. The van der Waals surface area contributed by atoms with Gasteiger partial charge < -0.3 is 5.11 Å². The van der Waals surface area contributed by atoms with Crippen molar-refractivity contribution in [2.45, 2.75) is 46.5 Å². The number of rotatable bonds is 6. The highest BCUT2D eigenvalue weighted by atomic mass is 16.3. The lowest BCUT2D eigenvalue weighted by atomic mass is 9.94. The molecule has 0 aromatic heterocycles. The molecular formula is C15H23O. The molecule has 0 bridgehead atoms. The van der Waals surface area contributed by atoms with E-state index in [0.29, 0.717) is 0 Å². The lowest BCUT2D eigenvalue weighted by Gasteiger charge is -2.12. The van der Waals surface area contributed by atoms with Crippen LogP contribution in [0.5, 0.6) is 0 Å². The molecule has 0 saturated carbocycles. The summed E-state index contributed by atoms with van der Waals surface area (Å²) in [6.45, 7) is 6.55. The van der Waals surface area contributed by atoms with E-state index in [1.807, 2.05) is 6.92 Å². The van der Waals surface area contributed by atoms with Crippen molar-refractivity contribution >= 4 is 0 Å². The largest absolute Gasteiger partial charge is 0.395 e.